The second kappa shape index (κ2) is 4.53. The molecule has 0 amide bonds. The Morgan fingerprint density at radius 2 is 1.86 bits per heavy atom. The van der Waals surface area contributed by atoms with Crippen LogP contribution in [0.2, 0.25) is 0 Å². The molecule has 2 aromatic heterocycles. The molecule has 0 atom stereocenters. The van der Waals surface area contributed by atoms with E-state index in [4.69, 9.17) is 8.83 Å². The summed E-state index contributed by atoms with van der Waals surface area (Å²) >= 11 is 0. The van der Waals surface area contributed by atoms with Crippen molar-refractivity contribution in [2.45, 2.75) is 6.92 Å². The van der Waals surface area contributed by atoms with Crippen molar-refractivity contribution in [1.29, 1.82) is 0 Å². The van der Waals surface area contributed by atoms with E-state index >= 15 is 0 Å². The molecule has 0 saturated carbocycles. The highest BCUT2D eigenvalue weighted by Crippen LogP contribution is 2.30. The fourth-order valence-corrected chi connectivity index (χ4v) is 2.47. The molecule has 0 spiro atoms. The van der Waals surface area contributed by atoms with E-state index in [1.54, 1.807) is 6.07 Å². The van der Waals surface area contributed by atoms with Crippen LogP contribution in [-0.2, 0) is 0 Å². The molecule has 108 valence electrons. The Balaban J connectivity index is 2.04. The third-order valence-electron chi connectivity index (χ3n) is 3.48. The standard InChI is InChI=1S/C17H10FNO3/c1-9-2-5-14-13(6-9)19-17(22-14)12-8-16(20)21-15-7-10(18)3-4-11(12)15/h2-8H,1H3. The molecule has 4 nitrogen and oxygen atoms in total. The zero-order valence-corrected chi connectivity index (χ0v) is 11.6. The lowest BCUT2D eigenvalue weighted by atomic mass is 10.1. The Morgan fingerprint density at radius 1 is 1.00 bits per heavy atom. The minimum atomic E-state index is -0.577. The normalized spacial score (nSPS) is 11.4. The number of aromatic nitrogens is 1. The maximum Gasteiger partial charge on any atom is 0.337 e. The first-order valence-corrected chi connectivity index (χ1v) is 6.71. The number of halogens is 1. The molecule has 0 radical (unpaired) electrons. The SMILES string of the molecule is Cc1ccc2oc(-c3cc(=O)oc4cc(F)ccc34)nc2c1. The molecule has 0 aliphatic heterocycles. The van der Waals surface area contributed by atoms with Gasteiger partial charge in [0.25, 0.3) is 0 Å². The van der Waals surface area contributed by atoms with Gasteiger partial charge >= 0.3 is 5.63 Å². The highest BCUT2D eigenvalue weighted by Gasteiger charge is 2.14. The minimum Gasteiger partial charge on any atom is -0.436 e. The molecule has 0 aliphatic rings. The van der Waals surface area contributed by atoms with Crippen molar-refractivity contribution in [3.63, 3.8) is 0 Å². The molecule has 0 fully saturated rings. The summed E-state index contributed by atoms with van der Waals surface area (Å²) in [6.07, 6.45) is 0. The van der Waals surface area contributed by atoms with Crippen LogP contribution in [0.4, 0.5) is 4.39 Å². The van der Waals surface area contributed by atoms with E-state index in [0.29, 0.717) is 27.9 Å². The van der Waals surface area contributed by atoms with E-state index in [9.17, 15) is 9.18 Å². The number of aryl methyl sites for hydroxylation is 1. The van der Waals surface area contributed by atoms with Crippen LogP contribution in [0.15, 0.2) is 56.1 Å². The Morgan fingerprint density at radius 3 is 2.73 bits per heavy atom. The average molecular weight is 295 g/mol. The summed E-state index contributed by atoms with van der Waals surface area (Å²) in [5.41, 5.74) is 2.47. The summed E-state index contributed by atoms with van der Waals surface area (Å²) in [6, 6.07) is 11.0. The zero-order valence-electron chi connectivity index (χ0n) is 11.6. The Hall–Kier alpha value is -2.95. The number of oxazole rings is 1. The Bertz CT molecular complexity index is 1080. The first-order valence-electron chi connectivity index (χ1n) is 6.71. The van der Waals surface area contributed by atoms with Gasteiger partial charge in [-0.2, -0.15) is 0 Å². The topological polar surface area (TPSA) is 56.2 Å². The monoisotopic (exact) mass is 295 g/mol. The molecule has 2 aromatic carbocycles. The number of fused-ring (bicyclic) bond motifs is 2. The van der Waals surface area contributed by atoms with E-state index in [1.807, 2.05) is 25.1 Å². The van der Waals surface area contributed by atoms with E-state index in [0.717, 1.165) is 5.56 Å². The summed E-state index contributed by atoms with van der Waals surface area (Å²) in [6.45, 7) is 1.96. The van der Waals surface area contributed by atoms with Crippen LogP contribution in [0, 0.1) is 12.7 Å². The van der Waals surface area contributed by atoms with Gasteiger partial charge in [0.2, 0.25) is 5.89 Å². The first kappa shape index (κ1) is 12.8. The molecule has 0 aliphatic carbocycles. The zero-order chi connectivity index (χ0) is 15.3. The number of benzene rings is 2. The Labute approximate surface area is 123 Å². The van der Waals surface area contributed by atoms with Crippen LogP contribution in [0.25, 0.3) is 33.5 Å². The van der Waals surface area contributed by atoms with Gasteiger partial charge in [0.1, 0.15) is 16.9 Å². The fourth-order valence-electron chi connectivity index (χ4n) is 2.47. The number of hydrogen-bond donors (Lipinski definition) is 0. The van der Waals surface area contributed by atoms with Crippen LogP contribution in [0.1, 0.15) is 5.56 Å². The smallest absolute Gasteiger partial charge is 0.337 e. The highest BCUT2D eigenvalue weighted by molar-refractivity contribution is 5.92. The van der Waals surface area contributed by atoms with Crippen LogP contribution < -0.4 is 5.63 Å². The molecule has 22 heavy (non-hydrogen) atoms. The highest BCUT2D eigenvalue weighted by atomic mass is 19.1. The number of rotatable bonds is 1. The molecular formula is C17H10FNO3. The lowest BCUT2D eigenvalue weighted by Gasteiger charge is -2.01. The van der Waals surface area contributed by atoms with Crippen molar-refractivity contribution < 1.29 is 13.2 Å². The predicted octanol–water partition coefficient (Wildman–Crippen LogP) is 4.05. The van der Waals surface area contributed by atoms with Gasteiger partial charge in [-0.3, -0.25) is 0 Å². The van der Waals surface area contributed by atoms with Gasteiger partial charge in [0.05, 0.1) is 5.56 Å². The Kier molecular flexibility index (Phi) is 2.63. The minimum absolute atomic E-state index is 0.168. The van der Waals surface area contributed by atoms with Crippen molar-refractivity contribution in [3.05, 3.63) is 64.3 Å². The lowest BCUT2D eigenvalue weighted by Crippen LogP contribution is -1.98. The summed E-state index contributed by atoms with van der Waals surface area (Å²) < 4.78 is 24.1. The molecule has 0 bridgehead atoms. The van der Waals surface area contributed by atoms with E-state index < -0.39 is 11.4 Å². The molecule has 4 aromatic rings. The van der Waals surface area contributed by atoms with Crippen molar-refractivity contribution in [2.24, 2.45) is 0 Å². The average Bonchev–Trinajstić information content (AvgIpc) is 2.88. The second-order valence-electron chi connectivity index (χ2n) is 5.11. The summed E-state index contributed by atoms with van der Waals surface area (Å²) in [5, 5.41) is 0.573. The third-order valence-corrected chi connectivity index (χ3v) is 3.48. The predicted molar refractivity (Wildman–Crippen MR) is 80.2 cm³/mol. The van der Waals surface area contributed by atoms with Crippen molar-refractivity contribution in [3.8, 4) is 11.5 Å². The van der Waals surface area contributed by atoms with Gasteiger partial charge in [-0.1, -0.05) is 6.07 Å². The third kappa shape index (κ3) is 1.98. The molecule has 2 heterocycles. The van der Waals surface area contributed by atoms with E-state index in [-0.39, 0.29) is 5.58 Å². The van der Waals surface area contributed by atoms with Crippen LogP contribution in [0.3, 0.4) is 0 Å². The van der Waals surface area contributed by atoms with Gasteiger partial charge in [-0.25, -0.2) is 14.2 Å². The second-order valence-corrected chi connectivity index (χ2v) is 5.11. The van der Waals surface area contributed by atoms with Crippen molar-refractivity contribution in [2.75, 3.05) is 0 Å². The largest absolute Gasteiger partial charge is 0.436 e. The van der Waals surface area contributed by atoms with Crippen molar-refractivity contribution >= 4 is 22.1 Å². The first-order chi connectivity index (χ1) is 10.6. The lowest BCUT2D eigenvalue weighted by molar-refractivity contribution is 0.552. The van der Waals surface area contributed by atoms with Gasteiger partial charge in [-0.05, 0) is 36.8 Å². The van der Waals surface area contributed by atoms with Gasteiger partial charge < -0.3 is 8.83 Å². The number of hydrogen-bond acceptors (Lipinski definition) is 4. The van der Waals surface area contributed by atoms with Gasteiger partial charge in [-0.15, -0.1) is 0 Å². The van der Waals surface area contributed by atoms with Crippen LogP contribution >= 0.6 is 0 Å². The molecule has 0 saturated heterocycles. The van der Waals surface area contributed by atoms with Gasteiger partial charge in [0, 0.05) is 17.5 Å². The summed E-state index contributed by atoms with van der Waals surface area (Å²) in [4.78, 5) is 16.1. The van der Waals surface area contributed by atoms with E-state index in [2.05, 4.69) is 4.98 Å². The molecule has 0 N–H and O–H groups in total. The van der Waals surface area contributed by atoms with Crippen molar-refractivity contribution in [1.82, 2.24) is 4.98 Å². The van der Waals surface area contributed by atoms with E-state index in [1.165, 1.54) is 18.2 Å². The fraction of sp³-hybridized carbons (Fsp3) is 0.0588. The number of nitrogens with zero attached hydrogens (tertiary/aromatic N) is 1. The quantitative estimate of drug-likeness (QED) is 0.497. The van der Waals surface area contributed by atoms with Gasteiger partial charge in [0.15, 0.2) is 5.58 Å². The maximum atomic E-state index is 13.3. The summed E-state index contributed by atoms with van der Waals surface area (Å²) in [7, 11) is 0. The van der Waals surface area contributed by atoms with Crippen LogP contribution in [-0.4, -0.2) is 4.98 Å². The summed E-state index contributed by atoms with van der Waals surface area (Å²) in [5.74, 6) is -0.161. The van der Waals surface area contributed by atoms with Crippen LogP contribution in [0.5, 0.6) is 0 Å². The molecule has 0 unspecified atom stereocenters. The molecular weight excluding hydrogens is 285 g/mol. The molecule has 5 heteroatoms. The molecule has 4 rings (SSSR count). The maximum absolute atomic E-state index is 13.3.